The van der Waals surface area contributed by atoms with Crippen molar-refractivity contribution in [2.24, 2.45) is 0 Å². The monoisotopic (exact) mass is 221 g/mol. The molecular formula is C12H15NO3. The fourth-order valence-corrected chi connectivity index (χ4v) is 1.87. The molecule has 1 aliphatic heterocycles. The summed E-state index contributed by atoms with van der Waals surface area (Å²) >= 11 is 0. The van der Waals surface area contributed by atoms with E-state index in [0.717, 1.165) is 5.69 Å². The average Bonchev–Trinajstić information content (AvgIpc) is 2.56. The van der Waals surface area contributed by atoms with Crippen LogP contribution in [0.4, 0.5) is 10.5 Å². The first kappa shape index (κ1) is 11.0. The first-order chi connectivity index (χ1) is 7.64. The Morgan fingerprint density at radius 3 is 2.75 bits per heavy atom. The Hall–Kier alpha value is -1.55. The minimum absolute atomic E-state index is 0.0202. The summed E-state index contributed by atoms with van der Waals surface area (Å²) in [7, 11) is 0. The van der Waals surface area contributed by atoms with Crippen LogP contribution < -0.4 is 4.90 Å². The molecule has 1 N–H and O–H groups in total. The number of rotatable bonds is 3. The van der Waals surface area contributed by atoms with Gasteiger partial charge in [0, 0.05) is 18.7 Å². The molecular weight excluding hydrogens is 206 g/mol. The highest BCUT2D eigenvalue weighted by Crippen LogP contribution is 2.29. The van der Waals surface area contributed by atoms with Crippen LogP contribution in [0.2, 0.25) is 0 Å². The molecule has 4 heteroatoms. The molecule has 4 nitrogen and oxygen atoms in total. The van der Waals surface area contributed by atoms with E-state index in [1.807, 2.05) is 37.3 Å². The van der Waals surface area contributed by atoms with Crippen molar-refractivity contribution in [3.05, 3.63) is 30.3 Å². The van der Waals surface area contributed by atoms with Crippen molar-refractivity contribution in [2.45, 2.75) is 18.9 Å². The van der Waals surface area contributed by atoms with E-state index in [9.17, 15) is 4.79 Å². The van der Waals surface area contributed by atoms with Gasteiger partial charge in [0.15, 0.2) is 0 Å². The molecule has 1 amide bonds. The quantitative estimate of drug-likeness (QED) is 0.846. The van der Waals surface area contributed by atoms with Crippen molar-refractivity contribution >= 4 is 11.8 Å². The Labute approximate surface area is 94.4 Å². The van der Waals surface area contributed by atoms with Gasteiger partial charge in [-0.1, -0.05) is 18.2 Å². The van der Waals surface area contributed by atoms with Crippen molar-refractivity contribution in [1.82, 2.24) is 0 Å². The normalized spacial score (nSPS) is 24.6. The van der Waals surface area contributed by atoms with Gasteiger partial charge in [-0.2, -0.15) is 0 Å². The SMILES string of the molecule is CC1(CCO)CN(c2ccccc2)C(=O)O1. The Morgan fingerprint density at radius 1 is 1.44 bits per heavy atom. The fraction of sp³-hybridized carbons (Fsp3) is 0.417. The third-order valence-electron chi connectivity index (χ3n) is 2.76. The minimum Gasteiger partial charge on any atom is -0.441 e. The van der Waals surface area contributed by atoms with E-state index >= 15 is 0 Å². The number of hydrogen-bond acceptors (Lipinski definition) is 3. The molecule has 1 unspecified atom stereocenters. The summed E-state index contributed by atoms with van der Waals surface area (Å²) in [5.41, 5.74) is 0.246. The lowest BCUT2D eigenvalue weighted by Crippen LogP contribution is -2.32. The maximum Gasteiger partial charge on any atom is 0.415 e. The number of aliphatic hydroxyl groups is 1. The number of amides is 1. The Kier molecular flexibility index (Phi) is 2.83. The highest BCUT2D eigenvalue weighted by atomic mass is 16.6. The number of nitrogens with zero attached hydrogens (tertiary/aromatic N) is 1. The van der Waals surface area contributed by atoms with E-state index in [2.05, 4.69) is 0 Å². The maximum absolute atomic E-state index is 11.7. The highest BCUT2D eigenvalue weighted by molar-refractivity contribution is 5.90. The van der Waals surface area contributed by atoms with Gasteiger partial charge in [-0.05, 0) is 19.1 Å². The zero-order valence-electron chi connectivity index (χ0n) is 9.22. The molecule has 0 spiro atoms. The number of carbonyl (C=O) groups is 1. The lowest BCUT2D eigenvalue weighted by atomic mass is 10.0. The van der Waals surface area contributed by atoms with Crippen LogP contribution in [0.1, 0.15) is 13.3 Å². The van der Waals surface area contributed by atoms with Crippen molar-refractivity contribution in [3.63, 3.8) is 0 Å². The smallest absolute Gasteiger partial charge is 0.415 e. The summed E-state index contributed by atoms with van der Waals surface area (Å²) in [4.78, 5) is 13.3. The molecule has 0 saturated carbocycles. The highest BCUT2D eigenvalue weighted by Gasteiger charge is 2.41. The van der Waals surface area contributed by atoms with E-state index in [4.69, 9.17) is 9.84 Å². The molecule has 1 heterocycles. The second-order valence-electron chi connectivity index (χ2n) is 4.21. The van der Waals surface area contributed by atoms with Crippen molar-refractivity contribution in [2.75, 3.05) is 18.1 Å². The van der Waals surface area contributed by atoms with Crippen molar-refractivity contribution < 1.29 is 14.6 Å². The summed E-state index contributed by atoms with van der Waals surface area (Å²) in [6, 6.07) is 9.39. The van der Waals surface area contributed by atoms with Gasteiger partial charge < -0.3 is 9.84 Å². The molecule has 86 valence electrons. The van der Waals surface area contributed by atoms with Crippen LogP contribution in [0.3, 0.4) is 0 Å². The molecule has 1 atom stereocenters. The van der Waals surface area contributed by atoms with E-state index in [1.165, 1.54) is 0 Å². The zero-order valence-corrected chi connectivity index (χ0v) is 9.22. The lowest BCUT2D eigenvalue weighted by molar-refractivity contribution is 0.0502. The molecule has 1 aromatic rings. The topological polar surface area (TPSA) is 49.8 Å². The molecule has 1 fully saturated rings. The van der Waals surface area contributed by atoms with E-state index in [-0.39, 0.29) is 12.7 Å². The third-order valence-corrected chi connectivity index (χ3v) is 2.76. The predicted molar refractivity (Wildman–Crippen MR) is 60.4 cm³/mol. The molecule has 0 bridgehead atoms. The van der Waals surface area contributed by atoms with Crippen LogP contribution in [0, 0.1) is 0 Å². The van der Waals surface area contributed by atoms with Crippen LogP contribution in [0.25, 0.3) is 0 Å². The van der Waals surface area contributed by atoms with Gasteiger partial charge in [0.25, 0.3) is 0 Å². The van der Waals surface area contributed by atoms with E-state index < -0.39 is 5.60 Å². The minimum atomic E-state index is -0.582. The second kappa shape index (κ2) is 4.14. The largest absolute Gasteiger partial charge is 0.441 e. The average molecular weight is 221 g/mol. The predicted octanol–water partition coefficient (Wildman–Crippen LogP) is 1.78. The number of aliphatic hydroxyl groups excluding tert-OH is 1. The van der Waals surface area contributed by atoms with E-state index in [0.29, 0.717) is 13.0 Å². The first-order valence-electron chi connectivity index (χ1n) is 5.31. The molecule has 0 aliphatic carbocycles. The lowest BCUT2D eigenvalue weighted by Gasteiger charge is -2.20. The Balaban J connectivity index is 2.17. The maximum atomic E-state index is 11.7. The number of cyclic esters (lactones) is 1. The van der Waals surface area contributed by atoms with Gasteiger partial charge in [0.1, 0.15) is 5.60 Å². The van der Waals surface area contributed by atoms with Gasteiger partial charge in [-0.3, -0.25) is 4.90 Å². The van der Waals surface area contributed by atoms with E-state index in [1.54, 1.807) is 4.90 Å². The number of ether oxygens (including phenoxy) is 1. The Bertz CT molecular complexity index is 379. The van der Waals surface area contributed by atoms with Crippen LogP contribution >= 0.6 is 0 Å². The summed E-state index contributed by atoms with van der Waals surface area (Å²) in [6.07, 6.45) is 0.115. The van der Waals surface area contributed by atoms with Gasteiger partial charge in [-0.15, -0.1) is 0 Å². The standard InChI is InChI=1S/C12H15NO3/c1-12(7-8-14)9-13(11(15)16-12)10-5-3-2-4-6-10/h2-6,14H,7-9H2,1H3. The molecule has 2 rings (SSSR count). The number of para-hydroxylation sites is 1. The van der Waals surface area contributed by atoms with Gasteiger partial charge >= 0.3 is 6.09 Å². The zero-order chi connectivity index (χ0) is 11.6. The number of benzene rings is 1. The summed E-state index contributed by atoms with van der Waals surface area (Å²) in [5, 5.41) is 8.93. The molecule has 16 heavy (non-hydrogen) atoms. The number of anilines is 1. The van der Waals surface area contributed by atoms with Gasteiger partial charge in [0.2, 0.25) is 0 Å². The fourth-order valence-electron chi connectivity index (χ4n) is 1.87. The van der Waals surface area contributed by atoms with Gasteiger partial charge in [-0.25, -0.2) is 4.79 Å². The van der Waals surface area contributed by atoms with Crippen molar-refractivity contribution in [1.29, 1.82) is 0 Å². The molecule has 1 saturated heterocycles. The van der Waals surface area contributed by atoms with Crippen LogP contribution in [-0.4, -0.2) is 30.0 Å². The van der Waals surface area contributed by atoms with Crippen molar-refractivity contribution in [3.8, 4) is 0 Å². The molecule has 0 radical (unpaired) electrons. The number of hydrogen-bond donors (Lipinski definition) is 1. The van der Waals surface area contributed by atoms with Crippen LogP contribution in [0.5, 0.6) is 0 Å². The van der Waals surface area contributed by atoms with Gasteiger partial charge in [0.05, 0.1) is 6.54 Å². The first-order valence-corrected chi connectivity index (χ1v) is 5.31. The summed E-state index contributed by atoms with van der Waals surface area (Å²) in [5.74, 6) is 0. The summed E-state index contributed by atoms with van der Waals surface area (Å²) in [6.45, 7) is 2.34. The molecule has 1 aliphatic rings. The molecule has 1 aromatic carbocycles. The molecule has 0 aromatic heterocycles. The number of carbonyl (C=O) groups excluding carboxylic acids is 1. The Morgan fingerprint density at radius 2 is 2.12 bits per heavy atom. The van der Waals surface area contributed by atoms with Crippen LogP contribution in [0.15, 0.2) is 30.3 Å². The summed E-state index contributed by atoms with van der Waals surface area (Å²) < 4.78 is 5.28. The third kappa shape index (κ3) is 2.02. The van der Waals surface area contributed by atoms with Crippen LogP contribution in [-0.2, 0) is 4.74 Å². The second-order valence-corrected chi connectivity index (χ2v) is 4.21.